The minimum absolute atomic E-state index is 0.158. The van der Waals surface area contributed by atoms with E-state index in [9.17, 15) is 13.2 Å². The van der Waals surface area contributed by atoms with Gasteiger partial charge in [-0.05, 0) is 106 Å². The van der Waals surface area contributed by atoms with Crippen LogP contribution in [0.1, 0.15) is 74.4 Å². The minimum atomic E-state index is -3.81. The fourth-order valence-corrected chi connectivity index (χ4v) is 8.87. The standard InChI is InChI=1S/C40H52ClN3O6S/c1-5-6-17-40(48-4,18-8-19-43-20-22-49-23-21-43)35-13-10-32(35)26-44-27-39(16-7-9-30-24-33(41)12-14-34(30)39)28-50-37-15-11-31(25-36(37)44)38(45)42-51(46,47)29(2)3/h6,11-12,14-15,17,24-25,29,32,35H,5,7,9-10,13,16,19-23,26-28H2,1-4H3,(H,42,45)/b17-6+/t32-,35+,39-,40-/m0/s1. The van der Waals surface area contributed by atoms with Crippen LogP contribution in [0.5, 0.6) is 5.75 Å². The molecule has 2 aromatic rings. The number of carbonyl (C=O) groups excluding carboxylic acids is 1. The minimum Gasteiger partial charge on any atom is -0.490 e. The van der Waals surface area contributed by atoms with E-state index in [1.807, 2.05) is 12.1 Å². The number of allylic oxidation sites excluding steroid dienone is 1. The van der Waals surface area contributed by atoms with Crippen LogP contribution in [-0.4, -0.2) is 89.7 Å². The van der Waals surface area contributed by atoms with Crippen LogP contribution in [0.4, 0.5) is 5.69 Å². The van der Waals surface area contributed by atoms with Gasteiger partial charge in [-0.15, -0.1) is 0 Å². The summed E-state index contributed by atoms with van der Waals surface area (Å²) in [7, 11) is -2.04. The third kappa shape index (κ3) is 8.13. The maximum absolute atomic E-state index is 13.3. The molecule has 0 radical (unpaired) electrons. The molecule has 4 atom stereocenters. The first-order valence-electron chi connectivity index (χ1n) is 18.4. The number of hydrogen-bond donors (Lipinski definition) is 1. The fraction of sp³-hybridized carbons (Fsp3) is 0.575. The fourth-order valence-electron chi connectivity index (χ4n) is 8.07. The van der Waals surface area contributed by atoms with Gasteiger partial charge >= 0.3 is 0 Å². The lowest BCUT2D eigenvalue weighted by Gasteiger charge is -2.48. The van der Waals surface area contributed by atoms with Crippen molar-refractivity contribution in [3.8, 4) is 17.6 Å². The SMILES string of the molecule is CC/C=C/[C@@](C#CCN1CCOCC1)(OC)[C@@H]1CC[C@H]1CN1C[C@@]2(CCCc3cc(Cl)ccc32)COc2ccc(C(=O)NS(=O)(=O)C(C)C)cc21. The number of halogens is 1. The monoisotopic (exact) mass is 737 g/mol. The van der Waals surface area contributed by atoms with Crippen LogP contribution in [0.3, 0.4) is 0 Å². The Hall–Kier alpha value is -3.07. The first-order valence-corrected chi connectivity index (χ1v) is 20.3. The number of nitrogens with one attached hydrogen (secondary N) is 1. The number of rotatable bonds is 10. The lowest BCUT2D eigenvalue weighted by Crippen LogP contribution is -2.52. The number of morpholine rings is 1. The Morgan fingerprint density at radius 3 is 2.71 bits per heavy atom. The van der Waals surface area contributed by atoms with Gasteiger partial charge in [-0.2, -0.15) is 0 Å². The number of carbonyl (C=O) groups is 1. The molecule has 0 unspecified atom stereocenters. The van der Waals surface area contributed by atoms with Crippen LogP contribution in [0, 0.1) is 23.7 Å². The van der Waals surface area contributed by atoms with Crippen molar-refractivity contribution in [3.05, 3.63) is 70.3 Å². The Labute approximate surface area is 309 Å². The highest BCUT2D eigenvalue weighted by molar-refractivity contribution is 7.90. The lowest BCUT2D eigenvalue weighted by atomic mass is 9.64. The van der Waals surface area contributed by atoms with E-state index in [2.05, 4.69) is 57.6 Å². The summed E-state index contributed by atoms with van der Waals surface area (Å²) in [5, 5.41) is -0.00673. The van der Waals surface area contributed by atoms with E-state index in [4.69, 9.17) is 25.8 Å². The van der Waals surface area contributed by atoms with Crippen LogP contribution in [0.2, 0.25) is 5.02 Å². The van der Waals surface area contributed by atoms with E-state index >= 15 is 0 Å². The molecule has 1 spiro atoms. The highest BCUT2D eigenvalue weighted by Gasteiger charge is 2.48. The molecular weight excluding hydrogens is 686 g/mol. The third-order valence-corrected chi connectivity index (χ3v) is 13.2. The number of anilines is 1. The summed E-state index contributed by atoms with van der Waals surface area (Å²) in [5.41, 5.74) is 2.55. The largest absolute Gasteiger partial charge is 0.490 e. The van der Waals surface area contributed by atoms with Crippen molar-refractivity contribution < 1.29 is 27.4 Å². The smallest absolute Gasteiger partial charge is 0.264 e. The van der Waals surface area contributed by atoms with E-state index in [-0.39, 0.29) is 22.8 Å². The molecule has 0 bridgehead atoms. The summed E-state index contributed by atoms with van der Waals surface area (Å²) >= 11 is 6.48. The van der Waals surface area contributed by atoms with Crippen LogP contribution < -0.4 is 14.4 Å². The Bertz CT molecular complexity index is 1780. The van der Waals surface area contributed by atoms with Gasteiger partial charge in [-0.1, -0.05) is 42.5 Å². The van der Waals surface area contributed by atoms with Crippen molar-refractivity contribution in [1.82, 2.24) is 9.62 Å². The quantitative estimate of drug-likeness (QED) is 0.235. The van der Waals surface area contributed by atoms with E-state index < -0.39 is 26.8 Å². The van der Waals surface area contributed by atoms with Crippen LogP contribution in [0.15, 0.2) is 48.6 Å². The molecule has 4 aliphatic rings. The van der Waals surface area contributed by atoms with Crippen molar-refractivity contribution in [1.29, 1.82) is 0 Å². The Balaban J connectivity index is 1.35. The van der Waals surface area contributed by atoms with Crippen molar-refractivity contribution in [2.45, 2.75) is 75.6 Å². The molecule has 2 heterocycles. The van der Waals surface area contributed by atoms with E-state index in [1.165, 1.54) is 11.1 Å². The molecule has 2 aliphatic heterocycles. The van der Waals surface area contributed by atoms with Crippen molar-refractivity contribution >= 4 is 33.2 Å². The average Bonchev–Trinajstić information content (AvgIpc) is 3.25. The number of methoxy groups -OCH3 is 1. The first-order chi connectivity index (χ1) is 24.5. The van der Waals surface area contributed by atoms with Gasteiger partial charge in [-0.25, -0.2) is 13.1 Å². The molecule has 9 nitrogen and oxygen atoms in total. The number of fused-ring (bicyclic) bond motifs is 3. The molecule has 11 heteroatoms. The highest BCUT2D eigenvalue weighted by atomic mass is 35.5. The summed E-state index contributed by atoms with van der Waals surface area (Å²) in [6.07, 6.45) is 10.1. The van der Waals surface area contributed by atoms with Gasteiger partial charge in [0, 0.05) is 55.2 Å². The molecule has 1 N–H and O–H groups in total. The highest BCUT2D eigenvalue weighted by Crippen LogP contribution is 2.49. The molecule has 1 saturated heterocycles. The molecule has 51 heavy (non-hydrogen) atoms. The number of ether oxygens (including phenoxy) is 3. The Kier molecular flexibility index (Phi) is 11.7. The van der Waals surface area contributed by atoms with Crippen LogP contribution in [0.25, 0.3) is 0 Å². The molecule has 2 aliphatic carbocycles. The molecule has 1 saturated carbocycles. The van der Waals surface area contributed by atoms with Gasteiger partial charge in [0.15, 0.2) is 0 Å². The molecule has 276 valence electrons. The zero-order chi connectivity index (χ0) is 36.2. The normalized spacial score (nSPS) is 24.8. The second-order valence-corrected chi connectivity index (χ2v) is 17.4. The van der Waals surface area contributed by atoms with Crippen molar-refractivity contribution in [3.63, 3.8) is 0 Å². The number of hydrogen-bond acceptors (Lipinski definition) is 8. The van der Waals surface area contributed by atoms with Gasteiger partial charge < -0.3 is 19.1 Å². The number of aryl methyl sites for hydroxylation is 1. The molecule has 2 fully saturated rings. The average molecular weight is 738 g/mol. The summed E-state index contributed by atoms with van der Waals surface area (Å²) in [6, 6.07) is 11.5. The number of nitrogens with zero attached hydrogens (tertiary/aromatic N) is 2. The van der Waals surface area contributed by atoms with Crippen LogP contribution in [-0.2, 0) is 31.3 Å². The third-order valence-electron chi connectivity index (χ3n) is 11.2. The second-order valence-electron chi connectivity index (χ2n) is 14.8. The van der Waals surface area contributed by atoms with Gasteiger partial charge in [-0.3, -0.25) is 9.69 Å². The zero-order valence-corrected chi connectivity index (χ0v) is 32.0. The Morgan fingerprint density at radius 2 is 2.00 bits per heavy atom. The number of amides is 1. The Morgan fingerprint density at radius 1 is 1.20 bits per heavy atom. The summed E-state index contributed by atoms with van der Waals surface area (Å²) in [5.74, 6) is 7.50. The van der Waals surface area contributed by atoms with Gasteiger partial charge in [0.25, 0.3) is 5.91 Å². The predicted octanol–water partition coefficient (Wildman–Crippen LogP) is 5.99. The number of sulfonamides is 1. The van der Waals surface area contributed by atoms with Crippen LogP contribution >= 0.6 is 11.6 Å². The molecule has 6 rings (SSSR count). The summed E-state index contributed by atoms with van der Waals surface area (Å²) < 4.78 is 46.1. The molecule has 0 aromatic heterocycles. The number of benzene rings is 2. The van der Waals surface area contributed by atoms with Gasteiger partial charge in [0.1, 0.15) is 11.4 Å². The molecular formula is C40H52ClN3O6S. The van der Waals surface area contributed by atoms with Gasteiger partial charge in [0.2, 0.25) is 10.0 Å². The topological polar surface area (TPSA) is 97.4 Å². The van der Waals surface area contributed by atoms with Crippen molar-refractivity contribution in [2.75, 3.05) is 64.6 Å². The van der Waals surface area contributed by atoms with E-state index in [0.29, 0.717) is 32.0 Å². The summed E-state index contributed by atoms with van der Waals surface area (Å²) in [6.45, 7) is 11.0. The maximum Gasteiger partial charge on any atom is 0.264 e. The predicted molar refractivity (Wildman–Crippen MR) is 202 cm³/mol. The van der Waals surface area contributed by atoms with Gasteiger partial charge in [0.05, 0.1) is 37.3 Å². The van der Waals surface area contributed by atoms with E-state index in [1.54, 1.807) is 33.1 Å². The second kappa shape index (κ2) is 15.9. The maximum atomic E-state index is 13.3. The first kappa shape index (κ1) is 37.7. The lowest BCUT2D eigenvalue weighted by molar-refractivity contribution is -0.0351. The molecule has 1 amide bonds. The molecule has 2 aromatic carbocycles. The summed E-state index contributed by atoms with van der Waals surface area (Å²) in [4.78, 5) is 18.0. The van der Waals surface area contributed by atoms with Crippen molar-refractivity contribution in [2.24, 2.45) is 11.8 Å². The van der Waals surface area contributed by atoms with E-state index in [0.717, 1.165) is 75.5 Å². The zero-order valence-electron chi connectivity index (χ0n) is 30.4.